The second-order valence-corrected chi connectivity index (χ2v) is 7.51. The van der Waals surface area contributed by atoms with Gasteiger partial charge in [-0.3, -0.25) is 9.36 Å². The van der Waals surface area contributed by atoms with E-state index in [1.807, 2.05) is 18.2 Å². The molecular weight excluding hydrogens is 391 g/mol. The number of hydrogen-bond acceptors (Lipinski definition) is 2. The van der Waals surface area contributed by atoms with Crippen LogP contribution in [0.1, 0.15) is 24.2 Å². The van der Waals surface area contributed by atoms with Gasteiger partial charge in [0, 0.05) is 25.2 Å². The van der Waals surface area contributed by atoms with Crippen molar-refractivity contribution in [3.8, 4) is 16.8 Å². The lowest BCUT2D eigenvalue weighted by Gasteiger charge is -2.14. The molecule has 5 rings (SSSR count). The van der Waals surface area contributed by atoms with Crippen molar-refractivity contribution in [1.82, 2.24) is 14.1 Å². The summed E-state index contributed by atoms with van der Waals surface area (Å²) in [6.07, 6.45) is 0.511. The second-order valence-electron chi connectivity index (χ2n) is 7.51. The third-order valence-electron chi connectivity index (χ3n) is 5.59. The lowest BCUT2D eigenvalue weighted by Crippen LogP contribution is -2.16. The summed E-state index contributed by atoms with van der Waals surface area (Å²) in [4.78, 5) is 17.4. The van der Waals surface area contributed by atoms with Crippen LogP contribution in [-0.4, -0.2) is 14.1 Å². The zero-order valence-corrected chi connectivity index (χ0v) is 16.0. The third kappa shape index (κ3) is 3.20. The van der Waals surface area contributed by atoms with Gasteiger partial charge in [-0.1, -0.05) is 12.1 Å². The Bertz CT molecular complexity index is 1300. The van der Waals surface area contributed by atoms with E-state index in [1.54, 1.807) is 12.3 Å². The highest BCUT2D eigenvalue weighted by molar-refractivity contribution is 5.78. The molecule has 152 valence electrons. The van der Waals surface area contributed by atoms with Gasteiger partial charge in [0.05, 0.1) is 22.3 Å². The van der Waals surface area contributed by atoms with Crippen LogP contribution in [0.3, 0.4) is 0 Å². The Morgan fingerprint density at radius 1 is 0.900 bits per heavy atom. The predicted molar refractivity (Wildman–Crippen MR) is 109 cm³/mol. The Morgan fingerprint density at radius 3 is 2.43 bits per heavy atom. The van der Waals surface area contributed by atoms with E-state index in [0.717, 1.165) is 54.8 Å². The molecule has 0 saturated heterocycles. The molecule has 2 aromatic heterocycles. The topological polar surface area (TPSA) is 39.8 Å². The number of hydrogen-bond donors (Lipinski definition) is 0. The summed E-state index contributed by atoms with van der Waals surface area (Å²) in [5, 5.41) is 0. The summed E-state index contributed by atoms with van der Waals surface area (Å²) in [6, 6.07) is 13.8. The molecule has 3 heterocycles. The van der Waals surface area contributed by atoms with Crippen LogP contribution in [0, 0.1) is 0 Å². The van der Waals surface area contributed by atoms with Crippen molar-refractivity contribution < 1.29 is 13.2 Å². The molecule has 0 radical (unpaired) electrons. The molecular formula is C23H18F3N3O. The van der Waals surface area contributed by atoms with Crippen LogP contribution in [0.25, 0.3) is 27.8 Å². The van der Waals surface area contributed by atoms with Gasteiger partial charge in [-0.05, 0) is 60.4 Å². The Kier molecular flexibility index (Phi) is 4.27. The van der Waals surface area contributed by atoms with Gasteiger partial charge < -0.3 is 4.57 Å². The van der Waals surface area contributed by atoms with Gasteiger partial charge in [0.2, 0.25) is 0 Å². The van der Waals surface area contributed by atoms with Gasteiger partial charge in [0.15, 0.2) is 0 Å². The molecule has 4 nitrogen and oxygen atoms in total. The van der Waals surface area contributed by atoms with Crippen molar-refractivity contribution in [3.05, 3.63) is 82.5 Å². The molecule has 0 amide bonds. The Hall–Kier alpha value is -3.35. The SMILES string of the molecule is O=c1cc(-c2ccc(C(F)(F)F)cc2)ccn1-c1ccc2c(c1)nc1n2CCCC1. The standard InChI is InChI=1S/C23H18F3N3O/c24-23(25,26)17-6-4-15(5-7-17)16-10-12-28(22(30)13-16)18-8-9-20-19(14-18)27-21-3-1-2-11-29(20)21/h4-10,12-14H,1-3,11H2. The van der Waals surface area contributed by atoms with Crippen molar-refractivity contribution in [3.63, 3.8) is 0 Å². The summed E-state index contributed by atoms with van der Waals surface area (Å²) < 4.78 is 42.0. The maximum absolute atomic E-state index is 12.8. The summed E-state index contributed by atoms with van der Waals surface area (Å²) in [5.74, 6) is 1.08. The zero-order chi connectivity index (χ0) is 20.9. The van der Waals surface area contributed by atoms with Crippen LogP contribution in [0.5, 0.6) is 0 Å². The summed E-state index contributed by atoms with van der Waals surface area (Å²) in [6.45, 7) is 0.965. The number of fused-ring (bicyclic) bond motifs is 3. The minimum Gasteiger partial charge on any atom is -0.328 e. The summed E-state index contributed by atoms with van der Waals surface area (Å²) >= 11 is 0. The number of benzene rings is 2. The first-order valence-corrected chi connectivity index (χ1v) is 9.80. The Balaban J connectivity index is 1.50. The van der Waals surface area contributed by atoms with E-state index in [1.165, 1.54) is 22.8 Å². The number of nitrogens with zero attached hydrogens (tertiary/aromatic N) is 3. The molecule has 0 fully saturated rings. The molecule has 0 saturated carbocycles. The van der Waals surface area contributed by atoms with E-state index in [9.17, 15) is 18.0 Å². The molecule has 0 aliphatic carbocycles. The summed E-state index contributed by atoms with van der Waals surface area (Å²) in [5.41, 5.74) is 2.81. The first-order valence-electron chi connectivity index (χ1n) is 9.80. The van der Waals surface area contributed by atoms with Crippen LogP contribution in [-0.2, 0) is 19.1 Å². The molecule has 1 aliphatic rings. The van der Waals surface area contributed by atoms with Crippen molar-refractivity contribution in [2.24, 2.45) is 0 Å². The molecule has 4 aromatic rings. The average molecular weight is 409 g/mol. The van der Waals surface area contributed by atoms with Crippen molar-refractivity contribution in [1.29, 1.82) is 0 Å². The van der Waals surface area contributed by atoms with Gasteiger partial charge in [0.25, 0.3) is 5.56 Å². The van der Waals surface area contributed by atoms with Crippen LogP contribution < -0.4 is 5.56 Å². The highest BCUT2D eigenvalue weighted by Crippen LogP contribution is 2.31. The smallest absolute Gasteiger partial charge is 0.328 e. The molecule has 0 spiro atoms. The maximum atomic E-state index is 12.8. The van der Waals surface area contributed by atoms with E-state index >= 15 is 0 Å². The van der Waals surface area contributed by atoms with Gasteiger partial charge in [0.1, 0.15) is 5.82 Å². The van der Waals surface area contributed by atoms with Crippen molar-refractivity contribution >= 4 is 11.0 Å². The normalized spacial score (nSPS) is 14.1. The van der Waals surface area contributed by atoms with Crippen LogP contribution in [0.15, 0.2) is 65.6 Å². The molecule has 1 aliphatic heterocycles. The number of halogens is 3. The van der Waals surface area contributed by atoms with E-state index in [-0.39, 0.29) is 5.56 Å². The molecule has 0 N–H and O–H groups in total. The van der Waals surface area contributed by atoms with E-state index < -0.39 is 11.7 Å². The van der Waals surface area contributed by atoms with Crippen molar-refractivity contribution in [2.75, 3.05) is 0 Å². The Labute approximate surface area is 170 Å². The first-order chi connectivity index (χ1) is 14.4. The number of aromatic nitrogens is 3. The minimum atomic E-state index is -4.38. The number of pyridine rings is 1. The number of aryl methyl sites for hydroxylation is 2. The lowest BCUT2D eigenvalue weighted by atomic mass is 10.0. The van der Waals surface area contributed by atoms with Crippen molar-refractivity contribution in [2.45, 2.75) is 32.0 Å². The highest BCUT2D eigenvalue weighted by atomic mass is 19.4. The molecule has 0 unspecified atom stereocenters. The molecule has 0 bridgehead atoms. The zero-order valence-electron chi connectivity index (χ0n) is 16.0. The number of rotatable bonds is 2. The summed E-state index contributed by atoms with van der Waals surface area (Å²) in [7, 11) is 0. The highest BCUT2D eigenvalue weighted by Gasteiger charge is 2.30. The fraction of sp³-hybridized carbons (Fsp3) is 0.217. The van der Waals surface area contributed by atoms with E-state index in [2.05, 4.69) is 4.57 Å². The minimum absolute atomic E-state index is 0.254. The average Bonchev–Trinajstić information content (AvgIpc) is 3.11. The lowest BCUT2D eigenvalue weighted by molar-refractivity contribution is -0.137. The fourth-order valence-corrected chi connectivity index (χ4v) is 4.03. The van der Waals surface area contributed by atoms with Crippen LogP contribution in [0.2, 0.25) is 0 Å². The van der Waals surface area contributed by atoms with Gasteiger partial charge >= 0.3 is 6.18 Å². The fourth-order valence-electron chi connectivity index (χ4n) is 4.03. The second kappa shape index (κ2) is 6.86. The molecule has 0 atom stereocenters. The number of alkyl halides is 3. The monoisotopic (exact) mass is 409 g/mol. The quantitative estimate of drug-likeness (QED) is 0.456. The first kappa shape index (κ1) is 18.7. The third-order valence-corrected chi connectivity index (χ3v) is 5.59. The predicted octanol–water partition coefficient (Wildman–Crippen LogP) is 5.21. The van der Waals surface area contributed by atoms with Gasteiger partial charge in [-0.15, -0.1) is 0 Å². The van der Waals surface area contributed by atoms with Crippen LogP contribution >= 0.6 is 0 Å². The van der Waals surface area contributed by atoms with E-state index in [0.29, 0.717) is 16.8 Å². The van der Waals surface area contributed by atoms with E-state index in [4.69, 9.17) is 4.98 Å². The molecule has 7 heteroatoms. The van der Waals surface area contributed by atoms with Crippen LogP contribution in [0.4, 0.5) is 13.2 Å². The van der Waals surface area contributed by atoms with Gasteiger partial charge in [-0.2, -0.15) is 13.2 Å². The number of imidazole rings is 1. The van der Waals surface area contributed by atoms with Gasteiger partial charge in [-0.25, -0.2) is 4.98 Å². The molecule has 2 aromatic carbocycles. The largest absolute Gasteiger partial charge is 0.416 e. The molecule has 30 heavy (non-hydrogen) atoms. The maximum Gasteiger partial charge on any atom is 0.416 e. The Morgan fingerprint density at radius 2 is 1.70 bits per heavy atom.